The van der Waals surface area contributed by atoms with E-state index < -0.39 is 18.6 Å². The van der Waals surface area contributed by atoms with Crippen LogP contribution in [-0.4, -0.2) is 28.2 Å². The maximum atomic E-state index is 11.7. The fourth-order valence-corrected chi connectivity index (χ4v) is 0.801. The van der Waals surface area contributed by atoms with Gasteiger partial charge in [0, 0.05) is 13.2 Å². The molecule has 0 unspecified atom stereocenters. The average molecular weight is 207 g/mol. The second-order valence-electron chi connectivity index (χ2n) is 2.72. The smallest absolute Gasteiger partial charge is 0.342 e. The average Bonchev–Trinajstić information content (AvgIpc) is 2.46. The molecule has 1 N–H and O–H groups in total. The van der Waals surface area contributed by atoms with Crippen molar-refractivity contribution in [2.75, 3.05) is 6.54 Å². The van der Waals surface area contributed by atoms with Gasteiger partial charge in [-0.3, -0.25) is 4.79 Å². The SMILES string of the molecule is Cn1cnc(C(=O)NCC(F)(F)F)c1. The number of imidazole rings is 1. The fraction of sp³-hybridized carbons (Fsp3) is 0.429. The normalized spacial score (nSPS) is 11.4. The lowest BCUT2D eigenvalue weighted by atomic mass is 10.4. The van der Waals surface area contributed by atoms with E-state index in [1.54, 1.807) is 12.4 Å². The van der Waals surface area contributed by atoms with Crippen molar-refractivity contribution in [2.24, 2.45) is 7.05 Å². The van der Waals surface area contributed by atoms with Crippen molar-refractivity contribution >= 4 is 5.91 Å². The Morgan fingerprint density at radius 2 is 2.29 bits per heavy atom. The monoisotopic (exact) mass is 207 g/mol. The summed E-state index contributed by atoms with van der Waals surface area (Å²) in [7, 11) is 1.62. The lowest BCUT2D eigenvalue weighted by Crippen LogP contribution is -2.33. The second kappa shape index (κ2) is 3.69. The molecule has 0 aliphatic heterocycles. The van der Waals surface area contributed by atoms with Crippen LogP contribution in [0, 0.1) is 0 Å². The van der Waals surface area contributed by atoms with Crippen LogP contribution in [0.3, 0.4) is 0 Å². The van der Waals surface area contributed by atoms with Crippen LogP contribution in [-0.2, 0) is 7.05 Å². The lowest BCUT2D eigenvalue weighted by molar-refractivity contribution is -0.123. The molecule has 1 heterocycles. The molecule has 78 valence electrons. The van der Waals surface area contributed by atoms with Gasteiger partial charge in [-0.15, -0.1) is 0 Å². The number of carbonyl (C=O) groups excluding carboxylic acids is 1. The molecular formula is C7H8F3N3O. The first-order valence-electron chi connectivity index (χ1n) is 3.71. The Morgan fingerprint density at radius 3 is 2.71 bits per heavy atom. The first kappa shape index (κ1) is 10.6. The van der Waals surface area contributed by atoms with Crippen LogP contribution >= 0.6 is 0 Å². The summed E-state index contributed by atoms with van der Waals surface area (Å²) < 4.78 is 36.6. The molecule has 0 bridgehead atoms. The maximum absolute atomic E-state index is 11.7. The van der Waals surface area contributed by atoms with Gasteiger partial charge in [-0.25, -0.2) is 4.98 Å². The summed E-state index contributed by atoms with van der Waals surface area (Å²) in [5, 5.41) is 1.71. The fourth-order valence-electron chi connectivity index (χ4n) is 0.801. The van der Waals surface area contributed by atoms with Gasteiger partial charge in [0.1, 0.15) is 12.2 Å². The number of hydrogen-bond acceptors (Lipinski definition) is 2. The van der Waals surface area contributed by atoms with E-state index >= 15 is 0 Å². The number of nitrogens with zero attached hydrogens (tertiary/aromatic N) is 2. The highest BCUT2D eigenvalue weighted by Crippen LogP contribution is 2.12. The van der Waals surface area contributed by atoms with Crippen molar-refractivity contribution in [1.29, 1.82) is 0 Å². The molecule has 1 aromatic heterocycles. The van der Waals surface area contributed by atoms with Crippen LogP contribution in [0.15, 0.2) is 12.5 Å². The Morgan fingerprint density at radius 1 is 1.64 bits per heavy atom. The molecule has 0 aliphatic rings. The predicted octanol–water partition coefficient (Wildman–Crippen LogP) is 0.712. The molecule has 0 radical (unpaired) electrons. The molecule has 0 aromatic carbocycles. The zero-order valence-electron chi connectivity index (χ0n) is 7.30. The quantitative estimate of drug-likeness (QED) is 0.776. The number of hydrogen-bond donors (Lipinski definition) is 1. The summed E-state index contributed by atoms with van der Waals surface area (Å²) in [5.41, 5.74) is -0.0308. The van der Waals surface area contributed by atoms with Crippen LogP contribution in [0.25, 0.3) is 0 Å². The summed E-state index contributed by atoms with van der Waals surface area (Å²) in [4.78, 5) is 14.6. The Hall–Kier alpha value is -1.53. The van der Waals surface area contributed by atoms with Crippen molar-refractivity contribution in [2.45, 2.75) is 6.18 Å². The van der Waals surface area contributed by atoms with Gasteiger partial charge in [0.15, 0.2) is 0 Å². The Balaban J connectivity index is 2.52. The van der Waals surface area contributed by atoms with Crippen molar-refractivity contribution in [3.05, 3.63) is 18.2 Å². The summed E-state index contributed by atoms with van der Waals surface area (Å²) >= 11 is 0. The van der Waals surface area contributed by atoms with Crippen molar-refractivity contribution < 1.29 is 18.0 Å². The molecule has 1 amide bonds. The number of rotatable bonds is 2. The van der Waals surface area contributed by atoms with E-state index in [1.165, 1.54) is 17.1 Å². The number of nitrogens with one attached hydrogen (secondary N) is 1. The minimum absolute atomic E-state index is 0.0308. The number of halogens is 3. The molecule has 1 aromatic rings. The van der Waals surface area contributed by atoms with Crippen LogP contribution in [0.1, 0.15) is 10.5 Å². The molecule has 14 heavy (non-hydrogen) atoms. The molecular weight excluding hydrogens is 199 g/mol. The topological polar surface area (TPSA) is 46.9 Å². The van der Waals surface area contributed by atoms with Gasteiger partial charge in [-0.1, -0.05) is 0 Å². The second-order valence-corrected chi connectivity index (χ2v) is 2.72. The van der Waals surface area contributed by atoms with Gasteiger partial charge in [0.25, 0.3) is 5.91 Å². The van der Waals surface area contributed by atoms with Gasteiger partial charge < -0.3 is 9.88 Å². The molecule has 0 fully saturated rings. The van der Waals surface area contributed by atoms with Crippen molar-refractivity contribution in [3.8, 4) is 0 Å². The minimum Gasteiger partial charge on any atom is -0.342 e. The summed E-state index contributed by atoms with van der Waals surface area (Å²) in [6.07, 6.45) is -1.72. The van der Waals surface area contributed by atoms with E-state index in [0.717, 1.165) is 0 Å². The third-order valence-electron chi connectivity index (χ3n) is 1.39. The van der Waals surface area contributed by atoms with E-state index in [-0.39, 0.29) is 5.69 Å². The number of aromatic nitrogens is 2. The number of alkyl halides is 3. The first-order chi connectivity index (χ1) is 6.38. The highest BCUT2D eigenvalue weighted by Gasteiger charge is 2.28. The number of carbonyl (C=O) groups is 1. The molecule has 1 rings (SSSR count). The number of aryl methyl sites for hydroxylation is 1. The van der Waals surface area contributed by atoms with Gasteiger partial charge in [-0.2, -0.15) is 13.2 Å². The number of amides is 1. The van der Waals surface area contributed by atoms with Crippen molar-refractivity contribution in [3.63, 3.8) is 0 Å². The third-order valence-corrected chi connectivity index (χ3v) is 1.39. The Bertz CT molecular complexity index is 331. The summed E-state index contributed by atoms with van der Waals surface area (Å²) in [6, 6.07) is 0. The Labute approximate surface area is 77.7 Å². The molecule has 0 spiro atoms. The van der Waals surface area contributed by atoms with E-state index in [2.05, 4.69) is 4.98 Å². The summed E-state index contributed by atoms with van der Waals surface area (Å²) in [6.45, 7) is -1.34. The standard InChI is InChI=1S/C7H8F3N3O/c1-13-2-5(12-4-13)6(14)11-3-7(8,9)10/h2,4H,3H2,1H3,(H,11,14). The molecule has 4 nitrogen and oxygen atoms in total. The van der Waals surface area contributed by atoms with Crippen LogP contribution < -0.4 is 5.32 Å². The highest BCUT2D eigenvalue weighted by atomic mass is 19.4. The highest BCUT2D eigenvalue weighted by molar-refractivity contribution is 5.91. The van der Waals surface area contributed by atoms with Gasteiger partial charge in [-0.05, 0) is 0 Å². The van der Waals surface area contributed by atoms with E-state index in [1.807, 2.05) is 0 Å². The van der Waals surface area contributed by atoms with Gasteiger partial charge in [0.05, 0.1) is 6.33 Å². The van der Waals surface area contributed by atoms with Crippen molar-refractivity contribution in [1.82, 2.24) is 14.9 Å². The largest absolute Gasteiger partial charge is 0.405 e. The van der Waals surface area contributed by atoms with E-state index in [4.69, 9.17) is 0 Å². The third kappa shape index (κ3) is 3.08. The zero-order chi connectivity index (χ0) is 10.8. The predicted molar refractivity (Wildman–Crippen MR) is 41.6 cm³/mol. The minimum atomic E-state index is -4.40. The van der Waals surface area contributed by atoms with Crippen LogP contribution in [0.4, 0.5) is 13.2 Å². The van der Waals surface area contributed by atoms with Gasteiger partial charge in [0.2, 0.25) is 0 Å². The van der Waals surface area contributed by atoms with Gasteiger partial charge >= 0.3 is 6.18 Å². The first-order valence-corrected chi connectivity index (χ1v) is 3.71. The Kier molecular flexibility index (Phi) is 2.78. The molecule has 0 aliphatic carbocycles. The maximum Gasteiger partial charge on any atom is 0.405 e. The van der Waals surface area contributed by atoms with Crippen LogP contribution in [0.5, 0.6) is 0 Å². The lowest BCUT2D eigenvalue weighted by Gasteiger charge is -2.06. The molecule has 0 atom stereocenters. The van der Waals surface area contributed by atoms with Crippen LogP contribution in [0.2, 0.25) is 0 Å². The van der Waals surface area contributed by atoms with E-state index in [0.29, 0.717) is 0 Å². The summed E-state index contributed by atoms with van der Waals surface area (Å²) in [5.74, 6) is -0.831. The van der Waals surface area contributed by atoms with E-state index in [9.17, 15) is 18.0 Å². The molecule has 0 saturated heterocycles. The molecule has 7 heteroatoms. The molecule has 0 saturated carbocycles. The zero-order valence-corrected chi connectivity index (χ0v) is 7.30.